The van der Waals surface area contributed by atoms with Crippen molar-refractivity contribution in [1.82, 2.24) is 10.3 Å². The Morgan fingerprint density at radius 3 is 2.44 bits per heavy atom. The van der Waals surface area contributed by atoms with Crippen molar-refractivity contribution in [1.29, 1.82) is 0 Å². The predicted octanol–water partition coefficient (Wildman–Crippen LogP) is 2.63. The van der Waals surface area contributed by atoms with Crippen LogP contribution < -0.4 is 20.5 Å². The van der Waals surface area contributed by atoms with Gasteiger partial charge in [-0.2, -0.15) is 18.2 Å². The van der Waals surface area contributed by atoms with Crippen LogP contribution in [0.25, 0.3) is 0 Å². The molecule has 1 aromatic rings. The van der Waals surface area contributed by atoms with Gasteiger partial charge in [-0.3, -0.25) is 4.79 Å². The van der Waals surface area contributed by atoms with E-state index in [0.29, 0.717) is 12.3 Å². The average molecular weight is 387 g/mol. The Balaban J connectivity index is 1.66. The maximum atomic E-state index is 13.1. The van der Waals surface area contributed by atoms with Gasteiger partial charge < -0.3 is 20.5 Å². The number of aromatic nitrogens is 1. The average Bonchev–Trinajstić information content (AvgIpc) is 3.46. The molecule has 3 rings (SSSR count). The van der Waals surface area contributed by atoms with Gasteiger partial charge in [0.25, 0.3) is 0 Å². The van der Waals surface area contributed by atoms with Crippen molar-refractivity contribution in [3.63, 3.8) is 0 Å². The molecule has 2 aliphatic carbocycles. The summed E-state index contributed by atoms with van der Waals surface area (Å²) in [5.41, 5.74) is 4.21. The van der Waals surface area contributed by atoms with Crippen molar-refractivity contribution in [2.24, 2.45) is 17.6 Å². The normalized spacial score (nSPS) is 17.9. The number of primary amides is 1. The lowest BCUT2D eigenvalue weighted by molar-refractivity contribution is -0.139. The molecule has 0 aromatic carbocycles. The standard InChI is InChI=1S/C17H20F3N3O4/c18-17(19,20)11-5-6-13(23-15(11)26-8-10-3-4-10)27-16(25)22-12(14(21)24)7-9-1-2-9/h5-6,9-10,12H,1-4,7-8H2,(H2,21,24)(H,22,25)/t12-/m0/s1. The van der Waals surface area contributed by atoms with Gasteiger partial charge in [0.05, 0.1) is 6.61 Å². The van der Waals surface area contributed by atoms with Gasteiger partial charge in [0.1, 0.15) is 11.6 Å². The largest absolute Gasteiger partial charge is 0.477 e. The molecular formula is C17H20F3N3O4. The summed E-state index contributed by atoms with van der Waals surface area (Å²) in [6.45, 7) is 0.122. The van der Waals surface area contributed by atoms with Gasteiger partial charge in [-0.05, 0) is 37.2 Å². The molecule has 0 aliphatic heterocycles. The number of amides is 2. The van der Waals surface area contributed by atoms with E-state index in [9.17, 15) is 22.8 Å². The minimum Gasteiger partial charge on any atom is -0.477 e. The van der Waals surface area contributed by atoms with Crippen molar-refractivity contribution in [3.05, 3.63) is 17.7 Å². The molecule has 3 N–H and O–H groups in total. The molecule has 0 spiro atoms. The van der Waals surface area contributed by atoms with E-state index in [-0.39, 0.29) is 18.4 Å². The Bertz CT molecular complexity index is 718. The lowest BCUT2D eigenvalue weighted by Gasteiger charge is -2.16. The molecule has 7 nitrogen and oxygen atoms in total. The van der Waals surface area contributed by atoms with Gasteiger partial charge in [-0.25, -0.2) is 4.79 Å². The molecule has 0 saturated heterocycles. The zero-order valence-corrected chi connectivity index (χ0v) is 14.4. The Hall–Kier alpha value is -2.52. The third-order valence-corrected chi connectivity index (χ3v) is 4.39. The molecule has 1 atom stereocenters. The number of rotatable bonds is 8. The van der Waals surface area contributed by atoms with Crippen LogP contribution in [0.15, 0.2) is 12.1 Å². The van der Waals surface area contributed by atoms with Crippen molar-refractivity contribution in [2.45, 2.75) is 44.3 Å². The van der Waals surface area contributed by atoms with Gasteiger partial charge >= 0.3 is 12.3 Å². The zero-order valence-electron chi connectivity index (χ0n) is 14.4. The van der Waals surface area contributed by atoms with E-state index >= 15 is 0 Å². The second kappa shape index (κ2) is 7.61. The first-order chi connectivity index (χ1) is 12.7. The summed E-state index contributed by atoms with van der Waals surface area (Å²) < 4.78 is 49.3. The van der Waals surface area contributed by atoms with Crippen LogP contribution in [0.3, 0.4) is 0 Å². The number of carbonyl (C=O) groups excluding carboxylic acids is 2. The summed E-state index contributed by atoms with van der Waals surface area (Å²) in [5, 5.41) is 2.32. The third kappa shape index (κ3) is 5.73. The number of hydrogen-bond donors (Lipinski definition) is 2. The highest BCUT2D eigenvalue weighted by molar-refractivity contribution is 5.84. The topological polar surface area (TPSA) is 104 Å². The predicted molar refractivity (Wildman–Crippen MR) is 86.9 cm³/mol. The van der Waals surface area contributed by atoms with Crippen LogP contribution in [0.5, 0.6) is 11.8 Å². The Morgan fingerprint density at radius 2 is 1.89 bits per heavy atom. The van der Waals surface area contributed by atoms with Gasteiger partial charge in [0.15, 0.2) is 0 Å². The summed E-state index contributed by atoms with van der Waals surface area (Å²) in [6, 6.07) is 0.769. The second-order valence-corrected chi connectivity index (χ2v) is 6.92. The molecular weight excluding hydrogens is 367 g/mol. The molecule has 10 heteroatoms. The number of ether oxygens (including phenoxy) is 2. The van der Waals surface area contributed by atoms with Crippen LogP contribution in [-0.4, -0.2) is 29.6 Å². The number of alkyl halides is 3. The zero-order chi connectivity index (χ0) is 19.6. The lowest BCUT2D eigenvalue weighted by Crippen LogP contribution is -2.45. The molecule has 1 heterocycles. The monoisotopic (exact) mass is 387 g/mol. The Kier molecular flexibility index (Phi) is 5.43. The number of carbonyl (C=O) groups is 2. The highest BCUT2D eigenvalue weighted by atomic mass is 19.4. The summed E-state index contributed by atoms with van der Waals surface area (Å²) >= 11 is 0. The molecule has 1 aromatic heterocycles. The molecule has 27 heavy (non-hydrogen) atoms. The lowest BCUT2D eigenvalue weighted by atomic mass is 10.1. The van der Waals surface area contributed by atoms with E-state index in [2.05, 4.69) is 10.3 Å². The van der Waals surface area contributed by atoms with Gasteiger partial charge in [-0.15, -0.1) is 0 Å². The van der Waals surface area contributed by atoms with Crippen LogP contribution in [0, 0.1) is 11.8 Å². The van der Waals surface area contributed by atoms with E-state index in [0.717, 1.165) is 37.8 Å². The first-order valence-electron chi connectivity index (χ1n) is 8.71. The van der Waals surface area contributed by atoms with Crippen molar-refractivity contribution < 1.29 is 32.2 Å². The number of nitrogens with two attached hydrogens (primary N) is 1. The number of nitrogens with one attached hydrogen (secondary N) is 1. The first kappa shape index (κ1) is 19.2. The summed E-state index contributed by atoms with van der Waals surface area (Å²) in [4.78, 5) is 27.0. The third-order valence-electron chi connectivity index (χ3n) is 4.39. The van der Waals surface area contributed by atoms with E-state index in [1.165, 1.54) is 0 Å². The molecule has 0 radical (unpaired) electrons. The van der Waals surface area contributed by atoms with Crippen LogP contribution in [0.1, 0.15) is 37.7 Å². The smallest absolute Gasteiger partial charge is 0.421 e. The van der Waals surface area contributed by atoms with Crippen LogP contribution in [0.2, 0.25) is 0 Å². The van der Waals surface area contributed by atoms with Crippen LogP contribution in [0.4, 0.5) is 18.0 Å². The maximum absolute atomic E-state index is 13.1. The van der Waals surface area contributed by atoms with Crippen molar-refractivity contribution in [3.8, 4) is 11.8 Å². The second-order valence-electron chi connectivity index (χ2n) is 6.92. The van der Waals surface area contributed by atoms with Crippen LogP contribution in [-0.2, 0) is 11.0 Å². The van der Waals surface area contributed by atoms with Crippen molar-refractivity contribution in [2.75, 3.05) is 6.61 Å². The molecule has 2 fully saturated rings. The molecule has 0 unspecified atom stereocenters. The summed E-state index contributed by atoms with van der Waals surface area (Å²) in [5.74, 6) is -1.15. The number of pyridine rings is 1. The summed E-state index contributed by atoms with van der Waals surface area (Å²) in [7, 11) is 0. The fraction of sp³-hybridized carbons (Fsp3) is 0.588. The van der Waals surface area contributed by atoms with Crippen molar-refractivity contribution >= 4 is 12.0 Å². The molecule has 148 valence electrons. The summed E-state index contributed by atoms with van der Waals surface area (Å²) in [6.07, 6.45) is -1.54. The number of halogens is 3. The Morgan fingerprint density at radius 1 is 1.22 bits per heavy atom. The van der Waals surface area contributed by atoms with Gasteiger partial charge in [0, 0.05) is 6.07 Å². The SMILES string of the molecule is NC(=O)[C@H](CC1CC1)NC(=O)Oc1ccc(C(F)(F)F)c(OCC2CC2)n1. The van der Waals surface area contributed by atoms with Gasteiger partial charge in [-0.1, -0.05) is 12.8 Å². The number of nitrogens with zero attached hydrogens (tertiary/aromatic N) is 1. The number of hydrogen-bond acceptors (Lipinski definition) is 5. The minimum atomic E-state index is -4.64. The molecule has 0 bridgehead atoms. The first-order valence-corrected chi connectivity index (χ1v) is 8.71. The van der Waals surface area contributed by atoms with E-state index < -0.39 is 35.7 Å². The Labute approximate surface area is 153 Å². The quantitative estimate of drug-likeness (QED) is 0.714. The van der Waals surface area contributed by atoms with Gasteiger partial charge in [0.2, 0.25) is 17.7 Å². The highest BCUT2D eigenvalue weighted by Crippen LogP contribution is 2.38. The molecule has 2 saturated carbocycles. The fourth-order valence-electron chi connectivity index (χ4n) is 2.49. The highest BCUT2D eigenvalue weighted by Gasteiger charge is 2.36. The van der Waals surface area contributed by atoms with Crippen LogP contribution >= 0.6 is 0 Å². The van der Waals surface area contributed by atoms with E-state index in [1.54, 1.807) is 0 Å². The maximum Gasteiger partial charge on any atom is 0.421 e. The molecule has 2 amide bonds. The van der Waals surface area contributed by atoms with E-state index in [1.807, 2.05) is 0 Å². The van der Waals surface area contributed by atoms with E-state index in [4.69, 9.17) is 15.2 Å². The molecule has 2 aliphatic rings. The fourth-order valence-corrected chi connectivity index (χ4v) is 2.49. The minimum absolute atomic E-state index is 0.122.